The Labute approximate surface area is 189 Å². The number of hydrogen-bond donors (Lipinski definition) is 3. The number of amides is 2. The van der Waals surface area contributed by atoms with Crippen LogP contribution in [-0.2, 0) is 16.0 Å². The molecule has 0 saturated carbocycles. The summed E-state index contributed by atoms with van der Waals surface area (Å²) in [5.41, 5.74) is 3.19. The Bertz CT molecular complexity index is 1040. The molecule has 0 heterocycles. The maximum atomic E-state index is 12.3. The number of benzene rings is 3. The zero-order valence-electron chi connectivity index (χ0n) is 18.4. The molecule has 6 nitrogen and oxygen atoms in total. The molecule has 3 aromatic rings. The van der Waals surface area contributed by atoms with Gasteiger partial charge in [0.2, 0.25) is 11.8 Å². The Hall–Kier alpha value is -3.80. The number of carbonyl (C=O) groups excluding carboxylic acids is 2. The smallest absolute Gasteiger partial charge is 0.243 e. The van der Waals surface area contributed by atoms with E-state index < -0.39 is 0 Å². The molecule has 0 spiro atoms. The Morgan fingerprint density at radius 2 is 1.44 bits per heavy atom. The molecule has 32 heavy (non-hydrogen) atoms. The minimum absolute atomic E-state index is 0.0671. The summed E-state index contributed by atoms with van der Waals surface area (Å²) in [5, 5.41) is 8.83. The first kappa shape index (κ1) is 22.9. The second kappa shape index (κ2) is 11.6. The highest BCUT2D eigenvalue weighted by atomic mass is 16.5. The molecule has 0 aromatic heterocycles. The molecule has 0 aliphatic heterocycles. The highest BCUT2D eigenvalue weighted by molar-refractivity contribution is 5.95. The largest absolute Gasteiger partial charge is 0.491 e. The van der Waals surface area contributed by atoms with E-state index in [0.29, 0.717) is 24.2 Å². The van der Waals surface area contributed by atoms with Gasteiger partial charge >= 0.3 is 0 Å². The molecular formula is C26H29N3O3. The maximum Gasteiger partial charge on any atom is 0.243 e. The standard InChI is InChI=1S/C26H29N3O3/c1-19(2)32-24-13-7-10-21(17-24)27-18-26(31)29-23-12-6-11-22(16-23)28-25(30)15-14-20-8-4-3-5-9-20/h3-13,16-17,19,27H,14-15,18H2,1-2H3,(H,28,30)(H,29,31). The topological polar surface area (TPSA) is 79.5 Å². The van der Waals surface area contributed by atoms with E-state index in [1.807, 2.05) is 68.4 Å². The maximum absolute atomic E-state index is 12.3. The average Bonchev–Trinajstić information content (AvgIpc) is 2.77. The first-order chi connectivity index (χ1) is 15.5. The second-order valence-corrected chi connectivity index (χ2v) is 7.71. The third-order valence-corrected chi connectivity index (χ3v) is 4.57. The second-order valence-electron chi connectivity index (χ2n) is 7.71. The van der Waals surface area contributed by atoms with Gasteiger partial charge in [0.1, 0.15) is 5.75 Å². The lowest BCUT2D eigenvalue weighted by atomic mass is 10.1. The number of anilines is 3. The van der Waals surface area contributed by atoms with Crippen molar-refractivity contribution in [2.24, 2.45) is 0 Å². The Morgan fingerprint density at radius 1 is 0.781 bits per heavy atom. The van der Waals surface area contributed by atoms with E-state index in [-0.39, 0.29) is 24.5 Å². The van der Waals surface area contributed by atoms with Crippen LogP contribution in [0.4, 0.5) is 17.1 Å². The van der Waals surface area contributed by atoms with Crippen LogP contribution in [0, 0.1) is 0 Å². The van der Waals surface area contributed by atoms with Crippen molar-refractivity contribution in [2.45, 2.75) is 32.8 Å². The summed E-state index contributed by atoms with van der Waals surface area (Å²) in [5.74, 6) is 0.497. The fourth-order valence-corrected chi connectivity index (χ4v) is 3.14. The molecule has 0 bridgehead atoms. The van der Waals surface area contributed by atoms with Crippen LogP contribution in [0.2, 0.25) is 0 Å². The third-order valence-electron chi connectivity index (χ3n) is 4.57. The Balaban J connectivity index is 1.47. The summed E-state index contributed by atoms with van der Waals surface area (Å²) in [6.07, 6.45) is 1.15. The van der Waals surface area contributed by atoms with E-state index in [4.69, 9.17) is 4.74 Å². The highest BCUT2D eigenvalue weighted by Crippen LogP contribution is 2.19. The lowest BCUT2D eigenvalue weighted by molar-refractivity contribution is -0.116. The molecule has 0 radical (unpaired) electrons. The van der Waals surface area contributed by atoms with Crippen LogP contribution in [-0.4, -0.2) is 24.5 Å². The van der Waals surface area contributed by atoms with Crippen molar-refractivity contribution in [1.82, 2.24) is 0 Å². The molecule has 6 heteroatoms. The van der Waals surface area contributed by atoms with E-state index in [1.165, 1.54) is 0 Å². The fraction of sp³-hybridized carbons (Fsp3) is 0.231. The van der Waals surface area contributed by atoms with Crippen molar-refractivity contribution >= 4 is 28.9 Å². The zero-order chi connectivity index (χ0) is 22.8. The summed E-state index contributed by atoms with van der Waals surface area (Å²) >= 11 is 0. The van der Waals surface area contributed by atoms with Crippen LogP contribution in [0.15, 0.2) is 78.9 Å². The van der Waals surface area contributed by atoms with Gasteiger partial charge in [-0.2, -0.15) is 0 Å². The number of ether oxygens (including phenoxy) is 1. The lowest BCUT2D eigenvalue weighted by Gasteiger charge is -2.12. The van der Waals surface area contributed by atoms with E-state index in [9.17, 15) is 9.59 Å². The average molecular weight is 432 g/mol. The number of rotatable bonds is 10. The number of nitrogens with one attached hydrogen (secondary N) is 3. The SMILES string of the molecule is CC(C)Oc1cccc(NCC(=O)Nc2cccc(NC(=O)CCc3ccccc3)c2)c1. The fourth-order valence-electron chi connectivity index (χ4n) is 3.14. The van der Waals surface area contributed by atoms with E-state index in [1.54, 1.807) is 24.3 Å². The predicted molar refractivity (Wildman–Crippen MR) is 129 cm³/mol. The monoisotopic (exact) mass is 431 g/mol. The van der Waals surface area contributed by atoms with Crippen LogP contribution >= 0.6 is 0 Å². The van der Waals surface area contributed by atoms with Gasteiger partial charge in [-0.25, -0.2) is 0 Å². The summed E-state index contributed by atoms with van der Waals surface area (Å²) in [6, 6.07) is 24.5. The Kier molecular flexibility index (Phi) is 8.26. The molecule has 0 atom stereocenters. The van der Waals surface area contributed by atoms with Crippen molar-refractivity contribution in [3.05, 3.63) is 84.4 Å². The molecule has 0 saturated heterocycles. The first-order valence-corrected chi connectivity index (χ1v) is 10.7. The van der Waals surface area contributed by atoms with Gasteiger partial charge in [-0.15, -0.1) is 0 Å². The van der Waals surface area contributed by atoms with Gasteiger partial charge in [0.15, 0.2) is 0 Å². The zero-order valence-corrected chi connectivity index (χ0v) is 18.4. The van der Waals surface area contributed by atoms with Gasteiger partial charge in [-0.1, -0.05) is 42.5 Å². The summed E-state index contributed by atoms with van der Waals surface area (Å²) in [7, 11) is 0. The third kappa shape index (κ3) is 7.80. The molecule has 3 rings (SSSR count). The van der Waals surface area contributed by atoms with Crippen LogP contribution in [0.25, 0.3) is 0 Å². The summed E-state index contributed by atoms with van der Waals surface area (Å²) in [4.78, 5) is 24.6. The van der Waals surface area contributed by atoms with Crippen LogP contribution in [0.5, 0.6) is 5.75 Å². The molecule has 0 aliphatic rings. The van der Waals surface area contributed by atoms with Crippen molar-refractivity contribution in [3.63, 3.8) is 0 Å². The molecule has 3 aromatic carbocycles. The van der Waals surface area contributed by atoms with Crippen LogP contribution < -0.4 is 20.7 Å². The minimum atomic E-state index is -0.187. The molecule has 166 valence electrons. The van der Waals surface area contributed by atoms with Gasteiger partial charge in [0, 0.05) is 29.5 Å². The molecule has 2 amide bonds. The molecule has 3 N–H and O–H groups in total. The number of hydrogen-bond acceptors (Lipinski definition) is 4. The molecule has 0 aliphatic carbocycles. The van der Waals surface area contributed by atoms with Crippen LogP contribution in [0.3, 0.4) is 0 Å². The number of carbonyl (C=O) groups is 2. The minimum Gasteiger partial charge on any atom is -0.491 e. The van der Waals surface area contributed by atoms with Crippen LogP contribution in [0.1, 0.15) is 25.8 Å². The normalized spacial score (nSPS) is 10.5. The van der Waals surface area contributed by atoms with Gasteiger partial charge in [0.05, 0.1) is 12.6 Å². The highest BCUT2D eigenvalue weighted by Gasteiger charge is 2.07. The first-order valence-electron chi connectivity index (χ1n) is 10.7. The van der Waals surface area contributed by atoms with Gasteiger partial charge < -0.3 is 20.7 Å². The van der Waals surface area contributed by atoms with E-state index >= 15 is 0 Å². The van der Waals surface area contributed by atoms with Gasteiger partial charge in [-0.05, 0) is 56.2 Å². The van der Waals surface area contributed by atoms with Crippen molar-refractivity contribution in [3.8, 4) is 5.75 Å². The molecule has 0 unspecified atom stereocenters. The van der Waals surface area contributed by atoms with Crippen molar-refractivity contribution in [1.29, 1.82) is 0 Å². The molecular weight excluding hydrogens is 402 g/mol. The quantitative estimate of drug-likeness (QED) is 0.417. The van der Waals surface area contributed by atoms with Gasteiger partial charge in [-0.3, -0.25) is 9.59 Å². The predicted octanol–water partition coefficient (Wildman–Crippen LogP) is 5.10. The van der Waals surface area contributed by atoms with Gasteiger partial charge in [0.25, 0.3) is 0 Å². The van der Waals surface area contributed by atoms with Crippen molar-refractivity contribution < 1.29 is 14.3 Å². The summed E-state index contributed by atoms with van der Waals surface area (Å²) in [6.45, 7) is 4.04. The van der Waals surface area contributed by atoms with E-state index in [0.717, 1.165) is 17.0 Å². The molecule has 0 fully saturated rings. The summed E-state index contributed by atoms with van der Waals surface area (Å²) < 4.78 is 5.67. The van der Waals surface area contributed by atoms with Crippen molar-refractivity contribution in [2.75, 3.05) is 22.5 Å². The Morgan fingerprint density at radius 3 is 2.16 bits per heavy atom. The number of aryl methyl sites for hydroxylation is 1. The lowest BCUT2D eigenvalue weighted by Crippen LogP contribution is -2.22. The van der Waals surface area contributed by atoms with E-state index in [2.05, 4.69) is 16.0 Å².